The summed E-state index contributed by atoms with van der Waals surface area (Å²) in [5.74, 6) is 1.55. The Morgan fingerprint density at radius 1 is 0.714 bits per heavy atom. The van der Waals surface area contributed by atoms with Crippen LogP contribution < -0.4 is 0 Å². The number of hydrogen-bond acceptors (Lipinski definition) is 4. The van der Waals surface area contributed by atoms with E-state index in [9.17, 15) is 0 Å². The van der Waals surface area contributed by atoms with Crippen LogP contribution in [-0.2, 0) is 9.47 Å². The van der Waals surface area contributed by atoms with Crippen molar-refractivity contribution >= 4 is 6.71 Å². The molecule has 11 atom stereocenters. The molecule has 4 nitrogen and oxygen atoms in total. The van der Waals surface area contributed by atoms with Crippen LogP contribution in [0.4, 0.5) is 0 Å². The molecule has 4 heterocycles. The van der Waals surface area contributed by atoms with Crippen LogP contribution in [0.25, 0.3) is 0 Å². The van der Waals surface area contributed by atoms with Crippen LogP contribution in [0.2, 0.25) is 11.6 Å². The Hall–Kier alpha value is -0.775. The van der Waals surface area contributed by atoms with Crippen molar-refractivity contribution in [2.24, 2.45) is 0 Å². The first-order valence-corrected chi connectivity index (χ1v) is 15.6. The van der Waals surface area contributed by atoms with Crippen LogP contribution in [0.3, 0.4) is 0 Å². The Morgan fingerprint density at radius 3 is 2.26 bits per heavy atom. The van der Waals surface area contributed by atoms with Crippen LogP contribution in [-0.4, -0.2) is 71.1 Å². The molecule has 11 unspecified atom stereocenters. The molecule has 188 valence electrons. The maximum atomic E-state index is 7.16. The van der Waals surface area contributed by atoms with E-state index in [1.54, 1.807) is 11.2 Å². The summed E-state index contributed by atoms with van der Waals surface area (Å²) in [6, 6.07) is 3.33. The molecule has 3 saturated heterocycles. The SMILES string of the molecule is C1=CC2=C(CC1)N1C3CCCCC3OC3CC4OC5CCCCC5N5C6CCCCC6B2C(C31)C45. The first kappa shape index (κ1) is 21.2. The summed E-state index contributed by atoms with van der Waals surface area (Å²) in [4.78, 5) is 6.24. The molecule has 4 saturated carbocycles. The predicted molar refractivity (Wildman–Crippen MR) is 139 cm³/mol. The molecule has 0 spiro atoms. The Kier molecular flexibility index (Phi) is 4.76. The first-order valence-electron chi connectivity index (χ1n) is 15.6. The number of fused-ring (bicyclic) bond motifs is 9. The number of morpholine rings is 2. The molecule has 0 bridgehead atoms. The molecule has 9 aliphatic rings. The van der Waals surface area contributed by atoms with Gasteiger partial charge in [0.25, 0.3) is 0 Å². The number of ether oxygens (including phenoxy) is 2. The summed E-state index contributed by atoms with van der Waals surface area (Å²) in [6.07, 6.45) is 27.1. The second kappa shape index (κ2) is 7.87. The molecular formula is C30H43BN2O2. The van der Waals surface area contributed by atoms with Gasteiger partial charge in [0.1, 0.15) is 0 Å². The van der Waals surface area contributed by atoms with Gasteiger partial charge in [0.15, 0.2) is 6.71 Å². The summed E-state index contributed by atoms with van der Waals surface area (Å²) in [7, 11) is 0. The summed E-state index contributed by atoms with van der Waals surface area (Å²) in [5, 5.41) is 0. The topological polar surface area (TPSA) is 24.9 Å². The van der Waals surface area contributed by atoms with E-state index in [0.717, 1.165) is 25.0 Å². The first-order chi connectivity index (χ1) is 17.4. The van der Waals surface area contributed by atoms with Crippen LogP contribution in [0.5, 0.6) is 0 Å². The van der Waals surface area contributed by atoms with E-state index >= 15 is 0 Å². The smallest absolute Gasteiger partial charge is 0.190 e. The highest BCUT2D eigenvalue weighted by atomic mass is 16.5. The van der Waals surface area contributed by atoms with Gasteiger partial charge in [0.2, 0.25) is 0 Å². The highest BCUT2D eigenvalue weighted by molar-refractivity contribution is 6.72. The van der Waals surface area contributed by atoms with Gasteiger partial charge in [-0.2, -0.15) is 0 Å². The van der Waals surface area contributed by atoms with Gasteiger partial charge in [-0.1, -0.05) is 62.6 Å². The Morgan fingerprint density at radius 2 is 1.40 bits per heavy atom. The van der Waals surface area contributed by atoms with E-state index in [1.807, 2.05) is 0 Å². The molecule has 0 N–H and O–H groups in total. The van der Waals surface area contributed by atoms with Gasteiger partial charge >= 0.3 is 0 Å². The normalized spacial score (nSPS) is 52.2. The lowest BCUT2D eigenvalue weighted by molar-refractivity contribution is -0.245. The van der Waals surface area contributed by atoms with Crippen molar-refractivity contribution in [3.63, 3.8) is 0 Å². The summed E-state index contributed by atoms with van der Waals surface area (Å²) < 4.78 is 14.3. The van der Waals surface area contributed by atoms with Gasteiger partial charge in [-0.15, -0.1) is 0 Å². The maximum absolute atomic E-state index is 7.16. The molecular weight excluding hydrogens is 431 g/mol. The fourth-order valence-corrected chi connectivity index (χ4v) is 11.4. The largest absolute Gasteiger partial charge is 0.372 e. The average molecular weight is 474 g/mol. The molecule has 35 heavy (non-hydrogen) atoms. The lowest BCUT2D eigenvalue weighted by Gasteiger charge is -2.71. The fourth-order valence-electron chi connectivity index (χ4n) is 11.4. The zero-order chi connectivity index (χ0) is 22.7. The average Bonchev–Trinajstić information content (AvgIpc) is 2.92. The maximum Gasteiger partial charge on any atom is 0.190 e. The van der Waals surface area contributed by atoms with E-state index in [0.29, 0.717) is 54.4 Å². The quantitative estimate of drug-likeness (QED) is 0.433. The predicted octanol–water partition coefficient (Wildman–Crippen LogP) is 5.50. The molecule has 0 aromatic rings. The van der Waals surface area contributed by atoms with Crippen LogP contribution in [0.15, 0.2) is 23.3 Å². The molecule has 9 rings (SSSR count). The van der Waals surface area contributed by atoms with Gasteiger partial charge in [0, 0.05) is 30.2 Å². The standard InChI is InChI=1S/C30H43BN2O2/c1-3-11-20-18(9-1)31-19-10-2-4-12-21(19)33-23-14-6-8-16-25(23)35-27-17-26-29(28(31)30(27)33)32(20)22-13-5-7-15-24(22)34-26/h1,9,19,21-30H,2-8,10-17H2. The van der Waals surface area contributed by atoms with Crippen LogP contribution >= 0.6 is 0 Å². The zero-order valence-electron chi connectivity index (χ0n) is 21.4. The van der Waals surface area contributed by atoms with Crippen molar-refractivity contribution < 1.29 is 9.47 Å². The van der Waals surface area contributed by atoms with E-state index in [1.165, 1.54) is 89.9 Å². The summed E-state index contributed by atoms with van der Waals surface area (Å²) in [6.45, 7) is 0.743. The molecule has 4 aliphatic heterocycles. The molecule has 0 aromatic carbocycles. The number of rotatable bonds is 0. The van der Waals surface area contributed by atoms with E-state index in [2.05, 4.69) is 22.0 Å². The van der Waals surface area contributed by atoms with Crippen LogP contribution in [0.1, 0.15) is 96.3 Å². The highest BCUT2D eigenvalue weighted by Crippen LogP contribution is 2.62. The highest BCUT2D eigenvalue weighted by Gasteiger charge is 2.68. The Bertz CT molecular complexity index is 951. The van der Waals surface area contributed by atoms with Crippen molar-refractivity contribution in [3.05, 3.63) is 23.3 Å². The monoisotopic (exact) mass is 474 g/mol. The zero-order valence-corrected chi connectivity index (χ0v) is 21.4. The minimum absolute atomic E-state index is 0.380. The molecule has 0 amide bonds. The Labute approximate surface area is 211 Å². The van der Waals surface area contributed by atoms with E-state index < -0.39 is 0 Å². The fraction of sp³-hybridized carbons (Fsp3) is 0.867. The van der Waals surface area contributed by atoms with Gasteiger partial charge in [0.05, 0.1) is 36.5 Å². The lowest BCUT2D eigenvalue weighted by Crippen LogP contribution is -2.80. The molecule has 5 heteroatoms. The molecule has 0 radical (unpaired) electrons. The second-order valence-electron chi connectivity index (χ2n) is 13.7. The lowest BCUT2D eigenvalue weighted by atomic mass is 9.21. The summed E-state index contributed by atoms with van der Waals surface area (Å²) in [5.41, 5.74) is 3.55. The third kappa shape index (κ3) is 2.82. The second-order valence-corrected chi connectivity index (χ2v) is 13.7. The molecule has 5 aliphatic carbocycles. The van der Waals surface area contributed by atoms with Crippen molar-refractivity contribution in [1.29, 1.82) is 0 Å². The van der Waals surface area contributed by atoms with Gasteiger partial charge < -0.3 is 14.4 Å². The minimum atomic E-state index is 0.380. The summed E-state index contributed by atoms with van der Waals surface area (Å²) >= 11 is 0. The van der Waals surface area contributed by atoms with Crippen molar-refractivity contribution in [1.82, 2.24) is 9.80 Å². The molecule has 7 fully saturated rings. The van der Waals surface area contributed by atoms with E-state index in [4.69, 9.17) is 9.47 Å². The minimum Gasteiger partial charge on any atom is -0.372 e. The van der Waals surface area contributed by atoms with Gasteiger partial charge in [-0.05, 0) is 56.6 Å². The third-order valence-electron chi connectivity index (χ3n) is 12.3. The Balaban J connectivity index is 1.24. The van der Waals surface area contributed by atoms with Crippen molar-refractivity contribution in [3.8, 4) is 0 Å². The van der Waals surface area contributed by atoms with Crippen LogP contribution in [0, 0.1) is 0 Å². The van der Waals surface area contributed by atoms with Gasteiger partial charge in [-0.3, -0.25) is 4.90 Å². The number of allylic oxidation sites excluding steroid dienone is 4. The van der Waals surface area contributed by atoms with Gasteiger partial charge in [-0.25, -0.2) is 0 Å². The number of hydrogen-bond donors (Lipinski definition) is 0. The van der Waals surface area contributed by atoms with E-state index in [-0.39, 0.29) is 0 Å². The third-order valence-corrected chi connectivity index (χ3v) is 12.3. The molecule has 0 aromatic heterocycles. The van der Waals surface area contributed by atoms with Crippen molar-refractivity contribution in [2.45, 2.75) is 163 Å². The van der Waals surface area contributed by atoms with Crippen molar-refractivity contribution in [2.75, 3.05) is 0 Å². The number of nitrogens with zero attached hydrogens (tertiary/aromatic N) is 2.